The highest BCUT2D eigenvalue weighted by Crippen LogP contribution is 2.38. The third-order valence-electron chi connectivity index (χ3n) is 1.78. The first-order chi connectivity index (χ1) is 6.78. The summed E-state index contributed by atoms with van der Waals surface area (Å²) in [6, 6.07) is 0. The summed E-state index contributed by atoms with van der Waals surface area (Å²) in [6.07, 6.45) is 1.55. The molecule has 1 aromatic heterocycles. The standard InChI is InChI=1S/C9H12ClNO3/c1-12-7-5-11-6(4-10)8(13-2)9(7)14-3/h5H,4H2,1-3H3. The number of aromatic nitrogens is 1. The Bertz CT molecular complexity index is 286. The Labute approximate surface area is 87.8 Å². The van der Waals surface area contributed by atoms with Crippen LogP contribution in [0.5, 0.6) is 17.2 Å². The Morgan fingerprint density at radius 2 is 1.79 bits per heavy atom. The molecule has 0 N–H and O–H groups in total. The lowest BCUT2D eigenvalue weighted by Crippen LogP contribution is -1.99. The predicted molar refractivity (Wildman–Crippen MR) is 53.5 cm³/mol. The van der Waals surface area contributed by atoms with Crippen LogP contribution in [-0.2, 0) is 5.88 Å². The van der Waals surface area contributed by atoms with Crippen molar-refractivity contribution in [1.29, 1.82) is 0 Å². The minimum atomic E-state index is 0.267. The fourth-order valence-electron chi connectivity index (χ4n) is 1.14. The summed E-state index contributed by atoms with van der Waals surface area (Å²) < 4.78 is 15.4. The second kappa shape index (κ2) is 4.91. The monoisotopic (exact) mass is 217 g/mol. The molecule has 0 radical (unpaired) electrons. The summed E-state index contributed by atoms with van der Waals surface area (Å²) >= 11 is 5.70. The van der Waals surface area contributed by atoms with Crippen molar-refractivity contribution in [3.05, 3.63) is 11.9 Å². The first-order valence-electron chi connectivity index (χ1n) is 3.98. The Hall–Kier alpha value is -1.16. The third-order valence-corrected chi connectivity index (χ3v) is 2.04. The van der Waals surface area contributed by atoms with Gasteiger partial charge in [-0.3, -0.25) is 4.98 Å². The van der Waals surface area contributed by atoms with Gasteiger partial charge in [-0.25, -0.2) is 0 Å². The Kier molecular flexibility index (Phi) is 3.83. The summed E-state index contributed by atoms with van der Waals surface area (Å²) in [7, 11) is 4.62. The van der Waals surface area contributed by atoms with Crippen LogP contribution in [0.4, 0.5) is 0 Å². The molecule has 0 aliphatic carbocycles. The SMILES string of the molecule is COc1cnc(CCl)c(OC)c1OC. The van der Waals surface area contributed by atoms with Crippen molar-refractivity contribution in [2.24, 2.45) is 0 Å². The number of nitrogens with zero attached hydrogens (tertiary/aromatic N) is 1. The zero-order valence-electron chi connectivity index (χ0n) is 8.33. The van der Waals surface area contributed by atoms with E-state index in [1.165, 1.54) is 7.11 Å². The van der Waals surface area contributed by atoms with E-state index in [1.54, 1.807) is 20.4 Å². The average Bonchev–Trinajstić information content (AvgIpc) is 2.26. The van der Waals surface area contributed by atoms with Crippen molar-refractivity contribution in [3.8, 4) is 17.2 Å². The van der Waals surface area contributed by atoms with Crippen molar-refractivity contribution in [2.75, 3.05) is 21.3 Å². The molecule has 1 aromatic rings. The van der Waals surface area contributed by atoms with E-state index in [1.807, 2.05) is 0 Å². The summed E-state index contributed by atoms with van der Waals surface area (Å²) in [5.41, 5.74) is 0.631. The Balaban J connectivity index is 3.28. The second-order valence-corrected chi connectivity index (χ2v) is 2.74. The number of methoxy groups -OCH3 is 3. The van der Waals surface area contributed by atoms with Gasteiger partial charge in [0.15, 0.2) is 11.5 Å². The predicted octanol–water partition coefficient (Wildman–Crippen LogP) is 1.85. The molecule has 78 valence electrons. The maximum atomic E-state index is 5.70. The Morgan fingerprint density at radius 3 is 2.21 bits per heavy atom. The lowest BCUT2D eigenvalue weighted by atomic mass is 10.3. The van der Waals surface area contributed by atoms with Crippen LogP contribution in [0.25, 0.3) is 0 Å². The molecule has 0 saturated carbocycles. The highest BCUT2D eigenvalue weighted by atomic mass is 35.5. The molecule has 5 heteroatoms. The van der Waals surface area contributed by atoms with E-state index < -0.39 is 0 Å². The third kappa shape index (κ3) is 1.85. The van der Waals surface area contributed by atoms with Crippen LogP contribution in [0.3, 0.4) is 0 Å². The van der Waals surface area contributed by atoms with E-state index in [4.69, 9.17) is 25.8 Å². The van der Waals surface area contributed by atoms with Crippen molar-refractivity contribution >= 4 is 11.6 Å². The van der Waals surface area contributed by atoms with Crippen LogP contribution < -0.4 is 14.2 Å². The molecule has 0 atom stereocenters. The fourth-order valence-corrected chi connectivity index (χ4v) is 1.33. The number of alkyl halides is 1. The first-order valence-corrected chi connectivity index (χ1v) is 4.51. The van der Waals surface area contributed by atoms with Gasteiger partial charge in [-0.1, -0.05) is 0 Å². The van der Waals surface area contributed by atoms with Gasteiger partial charge in [-0.15, -0.1) is 11.6 Å². The molecular formula is C9H12ClNO3. The number of hydrogen-bond acceptors (Lipinski definition) is 4. The molecule has 0 unspecified atom stereocenters. The molecule has 0 aliphatic rings. The van der Waals surface area contributed by atoms with Gasteiger partial charge in [-0.05, 0) is 0 Å². The minimum absolute atomic E-state index is 0.267. The quantitative estimate of drug-likeness (QED) is 0.722. The van der Waals surface area contributed by atoms with Crippen LogP contribution in [0, 0.1) is 0 Å². The number of rotatable bonds is 4. The molecule has 0 aliphatic heterocycles. The normalized spacial score (nSPS) is 9.71. The maximum Gasteiger partial charge on any atom is 0.206 e. The molecule has 0 amide bonds. The van der Waals surface area contributed by atoms with Gasteiger partial charge in [0.2, 0.25) is 5.75 Å². The number of pyridine rings is 1. The molecule has 1 heterocycles. The van der Waals surface area contributed by atoms with Crippen LogP contribution in [0.15, 0.2) is 6.20 Å². The molecule has 0 fully saturated rings. The van der Waals surface area contributed by atoms with Crippen molar-refractivity contribution in [2.45, 2.75) is 5.88 Å². The van der Waals surface area contributed by atoms with Gasteiger partial charge in [0.25, 0.3) is 0 Å². The van der Waals surface area contributed by atoms with Gasteiger partial charge >= 0.3 is 0 Å². The summed E-state index contributed by atoms with van der Waals surface area (Å²) in [5.74, 6) is 1.82. The number of ether oxygens (including phenoxy) is 3. The molecule has 0 bridgehead atoms. The van der Waals surface area contributed by atoms with E-state index in [2.05, 4.69) is 4.98 Å². The second-order valence-electron chi connectivity index (χ2n) is 2.47. The van der Waals surface area contributed by atoms with E-state index >= 15 is 0 Å². The highest BCUT2D eigenvalue weighted by molar-refractivity contribution is 6.17. The summed E-state index contributed by atoms with van der Waals surface area (Å²) in [5, 5.41) is 0. The van der Waals surface area contributed by atoms with Gasteiger partial charge in [0.05, 0.1) is 33.4 Å². The molecule has 14 heavy (non-hydrogen) atoms. The topological polar surface area (TPSA) is 40.6 Å². The van der Waals surface area contributed by atoms with Crippen LogP contribution in [-0.4, -0.2) is 26.3 Å². The summed E-state index contributed by atoms with van der Waals surface area (Å²) in [4.78, 5) is 4.09. The van der Waals surface area contributed by atoms with Crippen LogP contribution >= 0.6 is 11.6 Å². The van der Waals surface area contributed by atoms with Gasteiger partial charge < -0.3 is 14.2 Å². The smallest absolute Gasteiger partial charge is 0.206 e. The molecule has 1 rings (SSSR count). The van der Waals surface area contributed by atoms with Gasteiger partial charge in [0, 0.05) is 0 Å². The fraction of sp³-hybridized carbons (Fsp3) is 0.444. The highest BCUT2D eigenvalue weighted by Gasteiger charge is 2.15. The number of hydrogen-bond donors (Lipinski definition) is 0. The molecule has 0 aromatic carbocycles. The van der Waals surface area contributed by atoms with Crippen molar-refractivity contribution in [3.63, 3.8) is 0 Å². The van der Waals surface area contributed by atoms with Crippen LogP contribution in [0.2, 0.25) is 0 Å². The van der Waals surface area contributed by atoms with E-state index in [9.17, 15) is 0 Å². The molecule has 4 nitrogen and oxygen atoms in total. The van der Waals surface area contributed by atoms with Crippen LogP contribution in [0.1, 0.15) is 5.69 Å². The molecule has 0 saturated heterocycles. The lowest BCUT2D eigenvalue weighted by molar-refractivity contribution is 0.320. The summed E-state index contributed by atoms with van der Waals surface area (Å²) in [6.45, 7) is 0. The van der Waals surface area contributed by atoms with E-state index in [0.29, 0.717) is 22.9 Å². The van der Waals surface area contributed by atoms with E-state index in [-0.39, 0.29) is 5.88 Å². The number of halogens is 1. The average molecular weight is 218 g/mol. The molecular weight excluding hydrogens is 206 g/mol. The maximum absolute atomic E-state index is 5.70. The minimum Gasteiger partial charge on any atom is -0.491 e. The van der Waals surface area contributed by atoms with Gasteiger partial charge in [0.1, 0.15) is 5.69 Å². The zero-order valence-corrected chi connectivity index (χ0v) is 9.09. The zero-order chi connectivity index (χ0) is 10.6. The van der Waals surface area contributed by atoms with E-state index in [0.717, 1.165) is 0 Å². The van der Waals surface area contributed by atoms with Crippen molar-refractivity contribution in [1.82, 2.24) is 4.98 Å². The lowest BCUT2D eigenvalue weighted by Gasteiger charge is -2.13. The van der Waals surface area contributed by atoms with Crippen molar-refractivity contribution < 1.29 is 14.2 Å². The van der Waals surface area contributed by atoms with Gasteiger partial charge in [-0.2, -0.15) is 0 Å². The largest absolute Gasteiger partial charge is 0.491 e. The Morgan fingerprint density at radius 1 is 1.14 bits per heavy atom. The first kappa shape index (κ1) is 10.9. The molecule has 0 spiro atoms.